The Balaban J connectivity index is 2.61. The molecule has 0 fully saturated rings. The minimum atomic E-state index is 0.801. The number of allylic oxidation sites excluding steroid dienone is 1. The minimum Gasteiger partial charge on any atom is -0.316 e. The molecule has 16 heavy (non-hydrogen) atoms. The van der Waals surface area contributed by atoms with E-state index in [4.69, 9.17) is 0 Å². The van der Waals surface area contributed by atoms with Crippen LogP contribution in [0.1, 0.15) is 30.3 Å². The van der Waals surface area contributed by atoms with Gasteiger partial charge in [-0.15, -0.1) is 6.58 Å². The molecule has 1 heterocycles. The van der Waals surface area contributed by atoms with Crippen LogP contribution in [0.3, 0.4) is 0 Å². The molecule has 0 spiro atoms. The summed E-state index contributed by atoms with van der Waals surface area (Å²) in [6.07, 6.45) is 4.14. The van der Waals surface area contributed by atoms with Crippen LogP contribution in [-0.2, 0) is 13.0 Å². The van der Waals surface area contributed by atoms with Crippen molar-refractivity contribution < 1.29 is 0 Å². The Bertz CT molecular complexity index is 339. The summed E-state index contributed by atoms with van der Waals surface area (Å²) in [7, 11) is 0. The average Bonchev–Trinajstić information content (AvgIpc) is 2.52. The van der Waals surface area contributed by atoms with Crippen LogP contribution >= 0.6 is 0 Å². The predicted octanol–water partition coefficient (Wildman–Crippen LogP) is 2.23. The van der Waals surface area contributed by atoms with Crippen LogP contribution in [0.5, 0.6) is 0 Å². The highest BCUT2D eigenvalue weighted by Crippen LogP contribution is 2.13. The monoisotopic (exact) mass is 221 g/mol. The fraction of sp³-hybridized carbons (Fsp3) is 0.615. The summed E-state index contributed by atoms with van der Waals surface area (Å²) in [5.41, 5.74) is 3.80. The molecular formula is C13H23N3. The first kappa shape index (κ1) is 13.0. The van der Waals surface area contributed by atoms with Gasteiger partial charge in [-0.05, 0) is 45.3 Å². The highest BCUT2D eigenvalue weighted by atomic mass is 15.3. The van der Waals surface area contributed by atoms with Crippen molar-refractivity contribution in [2.45, 2.75) is 40.2 Å². The average molecular weight is 221 g/mol. The van der Waals surface area contributed by atoms with E-state index in [1.165, 1.54) is 17.7 Å². The third-order valence-corrected chi connectivity index (χ3v) is 2.81. The third-order valence-electron chi connectivity index (χ3n) is 2.81. The molecule has 0 aliphatic heterocycles. The molecule has 0 saturated carbocycles. The molecule has 90 valence electrons. The molecule has 0 aliphatic carbocycles. The van der Waals surface area contributed by atoms with E-state index in [1.807, 2.05) is 10.8 Å². The summed E-state index contributed by atoms with van der Waals surface area (Å²) in [5.74, 6) is 0. The molecule has 0 radical (unpaired) electrons. The molecule has 0 atom stereocenters. The first-order valence-corrected chi connectivity index (χ1v) is 6.05. The lowest BCUT2D eigenvalue weighted by Gasteiger charge is -2.04. The molecular weight excluding hydrogens is 198 g/mol. The second-order valence-electron chi connectivity index (χ2n) is 4.12. The van der Waals surface area contributed by atoms with E-state index in [2.05, 4.69) is 37.8 Å². The first-order valence-electron chi connectivity index (χ1n) is 6.05. The Labute approximate surface area is 98.5 Å². The van der Waals surface area contributed by atoms with Crippen molar-refractivity contribution in [3.8, 4) is 0 Å². The second kappa shape index (κ2) is 6.48. The van der Waals surface area contributed by atoms with Crippen LogP contribution in [0.25, 0.3) is 0 Å². The van der Waals surface area contributed by atoms with Crippen LogP contribution in [0.15, 0.2) is 12.7 Å². The van der Waals surface area contributed by atoms with Gasteiger partial charge in [0.2, 0.25) is 0 Å². The van der Waals surface area contributed by atoms with Gasteiger partial charge in [-0.1, -0.05) is 13.0 Å². The van der Waals surface area contributed by atoms with Crippen LogP contribution < -0.4 is 5.32 Å². The molecule has 0 amide bonds. The summed E-state index contributed by atoms with van der Waals surface area (Å²) < 4.78 is 2.03. The fourth-order valence-electron chi connectivity index (χ4n) is 1.91. The molecule has 1 aromatic rings. The second-order valence-corrected chi connectivity index (χ2v) is 4.12. The van der Waals surface area contributed by atoms with Gasteiger partial charge in [0.1, 0.15) is 0 Å². The number of nitrogens with zero attached hydrogens (tertiary/aromatic N) is 2. The summed E-state index contributed by atoms with van der Waals surface area (Å²) in [4.78, 5) is 0. The van der Waals surface area contributed by atoms with Crippen molar-refractivity contribution in [1.82, 2.24) is 15.1 Å². The lowest BCUT2D eigenvalue weighted by atomic mass is 10.1. The molecule has 1 rings (SSSR count). The van der Waals surface area contributed by atoms with E-state index < -0.39 is 0 Å². The molecule has 0 saturated heterocycles. The Morgan fingerprint density at radius 2 is 2.12 bits per heavy atom. The van der Waals surface area contributed by atoms with Crippen molar-refractivity contribution >= 4 is 0 Å². The quantitative estimate of drug-likeness (QED) is 0.565. The zero-order valence-corrected chi connectivity index (χ0v) is 10.7. The van der Waals surface area contributed by atoms with E-state index in [-0.39, 0.29) is 0 Å². The van der Waals surface area contributed by atoms with Crippen LogP contribution in [0, 0.1) is 13.8 Å². The van der Waals surface area contributed by atoms with Gasteiger partial charge in [0.15, 0.2) is 0 Å². The van der Waals surface area contributed by atoms with E-state index in [1.54, 1.807) is 0 Å². The van der Waals surface area contributed by atoms with Crippen LogP contribution in [0.4, 0.5) is 0 Å². The number of nitrogens with one attached hydrogen (secondary N) is 1. The van der Waals surface area contributed by atoms with Crippen molar-refractivity contribution in [1.29, 1.82) is 0 Å². The Hall–Kier alpha value is -1.09. The van der Waals surface area contributed by atoms with Gasteiger partial charge in [-0.3, -0.25) is 4.68 Å². The summed E-state index contributed by atoms with van der Waals surface area (Å²) in [5, 5.41) is 7.94. The maximum absolute atomic E-state index is 4.52. The highest BCUT2D eigenvalue weighted by molar-refractivity contribution is 5.25. The van der Waals surface area contributed by atoms with Gasteiger partial charge in [-0.2, -0.15) is 5.10 Å². The van der Waals surface area contributed by atoms with Gasteiger partial charge in [-0.25, -0.2) is 0 Å². The molecule has 0 aliphatic rings. The van der Waals surface area contributed by atoms with Crippen molar-refractivity contribution in [2.75, 3.05) is 13.1 Å². The zero-order chi connectivity index (χ0) is 12.0. The standard InChI is InChI=1S/C13H23N3/c1-5-8-14-9-7-13-11(3)15-16(10-6-2)12(13)4/h6,14H,2,5,7-10H2,1,3-4H3. The lowest BCUT2D eigenvalue weighted by Crippen LogP contribution is -2.18. The molecule has 3 nitrogen and oxygen atoms in total. The minimum absolute atomic E-state index is 0.801. The first-order chi connectivity index (χ1) is 7.70. The number of rotatable bonds is 7. The number of aromatic nitrogens is 2. The van der Waals surface area contributed by atoms with Gasteiger partial charge in [0.25, 0.3) is 0 Å². The van der Waals surface area contributed by atoms with Crippen molar-refractivity contribution in [3.63, 3.8) is 0 Å². The molecule has 1 N–H and O–H groups in total. The number of aryl methyl sites for hydroxylation is 1. The molecule has 1 aromatic heterocycles. The van der Waals surface area contributed by atoms with E-state index in [9.17, 15) is 0 Å². The topological polar surface area (TPSA) is 29.9 Å². The number of hydrogen-bond acceptors (Lipinski definition) is 2. The smallest absolute Gasteiger partial charge is 0.0629 e. The van der Waals surface area contributed by atoms with Crippen molar-refractivity contribution in [2.24, 2.45) is 0 Å². The zero-order valence-electron chi connectivity index (χ0n) is 10.7. The molecule has 0 unspecified atom stereocenters. The summed E-state index contributed by atoms with van der Waals surface area (Å²) >= 11 is 0. The van der Waals surface area contributed by atoms with E-state index >= 15 is 0 Å². The largest absolute Gasteiger partial charge is 0.316 e. The normalized spacial score (nSPS) is 10.7. The van der Waals surface area contributed by atoms with Gasteiger partial charge in [0.05, 0.1) is 12.2 Å². The van der Waals surface area contributed by atoms with Crippen LogP contribution in [-0.4, -0.2) is 22.9 Å². The Morgan fingerprint density at radius 3 is 2.75 bits per heavy atom. The predicted molar refractivity (Wildman–Crippen MR) is 68.8 cm³/mol. The Morgan fingerprint density at radius 1 is 1.38 bits per heavy atom. The lowest BCUT2D eigenvalue weighted by molar-refractivity contribution is 0.661. The number of hydrogen-bond donors (Lipinski definition) is 1. The summed E-state index contributed by atoms with van der Waals surface area (Å²) in [6.45, 7) is 13.1. The van der Waals surface area contributed by atoms with E-state index in [0.29, 0.717) is 0 Å². The van der Waals surface area contributed by atoms with E-state index in [0.717, 1.165) is 31.7 Å². The summed E-state index contributed by atoms with van der Waals surface area (Å²) in [6, 6.07) is 0. The maximum atomic E-state index is 4.52. The maximum Gasteiger partial charge on any atom is 0.0629 e. The van der Waals surface area contributed by atoms with Crippen LogP contribution in [0.2, 0.25) is 0 Å². The third kappa shape index (κ3) is 3.20. The Kier molecular flexibility index (Phi) is 5.26. The van der Waals surface area contributed by atoms with Crippen molar-refractivity contribution in [3.05, 3.63) is 29.6 Å². The SMILES string of the molecule is C=CCn1nc(C)c(CCNCCC)c1C. The molecule has 3 heteroatoms. The van der Waals surface area contributed by atoms with Gasteiger partial charge < -0.3 is 5.32 Å². The molecule has 0 aromatic carbocycles. The van der Waals surface area contributed by atoms with Gasteiger partial charge in [0, 0.05) is 5.69 Å². The fourth-order valence-corrected chi connectivity index (χ4v) is 1.91. The van der Waals surface area contributed by atoms with Gasteiger partial charge >= 0.3 is 0 Å². The highest BCUT2D eigenvalue weighted by Gasteiger charge is 2.09. The molecule has 0 bridgehead atoms.